The lowest BCUT2D eigenvalue weighted by atomic mass is 10.1. The van der Waals surface area contributed by atoms with Crippen molar-refractivity contribution in [1.29, 1.82) is 0 Å². The summed E-state index contributed by atoms with van der Waals surface area (Å²) >= 11 is 0. The Labute approximate surface area is 313 Å². The van der Waals surface area contributed by atoms with Gasteiger partial charge in [-0.25, -0.2) is 0 Å². The van der Waals surface area contributed by atoms with Crippen LogP contribution in [0.15, 0.2) is 206 Å². The zero-order chi connectivity index (χ0) is 43.4. The van der Waals surface area contributed by atoms with Crippen LogP contribution in [0.4, 0.5) is 0 Å². The van der Waals surface area contributed by atoms with Gasteiger partial charge in [-0.05, 0) is 63.1 Å². The molecule has 2 aromatic heterocycles. The van der Waals surface area contributed by atoms with E-state index in [0.717, 1.165) is 20.7 Å². The second-order valence-electron chi connectivity index (χ2n) is 12.5. The van der Waals surface area contributed by atoms with Gasteiger partial charge in [-0.15, -0.1) is 0 Å². The molecule has 0 spiro atoms. The number of hydrogen-bond donors (Lipinski definition) is 0. The van der Waals surface area contributed by atoms with Crippen LogP contribution in [0.1, 0.15) is 15.1 Å². The van der Waals surface area contributed by atoms with Crippen LogP contribution in [-0.4, -0.2) is 17.2 Å². The minimum atomic E-state index is -3.07. The van der Waals surface area contributed by atoms with Crippen LogP contribution < -0.4 is 20.7 Å². The number of para-hydroxylation sites is 3. The van der Waals surface area contributed by atoms with Crippen LogP contribution in [-0.2, 0) is 0 Å². The van der Waals surface area contributed by atoms with E-state index in [2.05, 4.69) is 84.9 Å². The Morgan fingerprint density at radius 3 is 1.65 bits per heavy atom. The Balaban J connectivity index is 1.43. The van der Waals surface area contributed by atoms with Gasteiger partial charge in [-0.2, -0.15) is 0 Å². The number of aromatic nitrogens is 2. The molecule has 0 amide bonds. The molecule has 0 atom stereocenters. The van der Waals surface area contributed by atoms with E-state index in [0.29, 0.717) is 27.5 Å². The summed E-state index contributed by atoms with van der Waals surface area (Å²) in [4.78, 5) is 0. The molecule has 0 saturated carbocycles. The Kier molecular flexibility index (Phi) is 4.72. The molecule has 0 radical (unpaired) electrons. The first kappa shape index (κ1) is 20.3. The Morgan fingerprint density at radius 1 is 0.373 bits per heavy atom. The second-order valence-corrected chi connectivity index (χ2v) is 16.3. The Bertz CT molecular complexity index is 3350. The number of fused-ring (bicyclic) bond motifs is 7. The summed E-state index contributed by atoms with van der Waals surface area (Å²) in [5.74, 6) is 0. The van der Waals surface area contributed by atoms with E-state index in [-0.39, 0.29) is 39.6 Å². The molecular weight excluding hydrogens is 633 g/mol. The number of rotatable bonds is 6. The van der Waals surface area contributed by atoms with Gasteiger partial charge in [0.05, 0.1) is 37.1 Å². The maximum atomic E-state index is 9.68. The first-order valence-electron chi connectivity index (χ1n) is 22.2. The quantitative estimate of drug-likeness (QED) is 0.123. The van der Waals surface area contributed by atoms with Gasteiger partial charge in [0.25, 0.3) is 0 Å². The Morgan fingerprint density at radius 2 is 0.961 bits per heavy atom. The number of nitrogens with zero attached hydrogens (tertiary/aromatic N) is 2. The third-order valence-corrected chi connectivity index (χ3v) is 14.7. The van der Waals surface area contributed by atoms with Gasteiger partial charge in [-0.3, -0.25) is 0 Å². The summed E-state index contributed by atoms with van der Waals surface area (Å²) < 4.78 is 102. The zero-order valence-corrected chi connectivity index (χ0v) is 28.2. The Hall–Kier alpha value is -6.42. The molecule has 0 unspecified atom stereocenters. The van der Waals surface area contributed by atoms with Crippen LogP contribution in [0, 0.1) is 0 Å². The van der Waals surface area contributed by atoms with E-state index >= 15 is 0 Å². The molecule has 2 nitrogen and oxygen atoms in total. The second kappa shape index (κ2) is 11.9. The lowest BCUT2D eigenvalue weighted by Gasteiger charge is -2.34. The van der Waals surface area contributed by atoms with Gasteiger partial charge in [0.2, 0.25) is 0 Å². The van der Waals surface area contributed by atoms with Crippen molar-refractivity contribution < 1.29 is 15.1 Å². The zero-order valence-electron chi connectivity index (χ0n) is 38.2. The average molecular weight is 678 g/mol. The molecule has 0 fully saturated rings. The van der Waals surface area contributed by atoms with Gasteiger partial charge in [-0.1, -0.05) is 164 Å². The molecule has 10 aromatic rings. The molecular formula is C48H34N2Si. The number of hydrogen-bond acceptors (Lipinski definition) is 0. The van der Waals surface area contributed by atoms with Crippen LogP contribution in [0.25, 0.3) is 55.0 Å². The topological polar surface area (TPSA) is 9.86 Å². The molecule has 51 heavy (non-hydrogen) atoms. The highest BCUT2D eigenvalue weighted by Gasteiger charge is 2.41. The summed E-state index contributed by atoms with van der Waals surface area (Å²) in [5, 5.41) is 5.71. The van der Waals surface area contributed by atoms with E-state index in [1.54, 1.807) is 0 Å². The summed E-state index contributed by atoms with van der Waals surface area (Å²) in [6, 6.07) is 41.3. The minimum Gasteiger partial charge on any atom is -0.309 e. The molecule has 0 aliphatic carbocycles. The van der Waals surface area contributed by atoms with Crippen LogP contribution in [0.5, 0.6) is 0 Å². The molecule has 8 aromatic carbocycles. The van der Waals surface area contributed by atoms with Crippen molar-refractivity contribution in [3.63, 3.8) is 0 Å². The lowest BCUT2D eigenvalue weighted by Crippen LogP contribution is -2.74. The van der Waals surface area contributed by atoms with Gasteiger partial charge >= 0.3 is 0 Å². The maximum absolute atomic E-state index is 9.68. The third-order valence-electron chi connectivity index (χ3n) is 9.89. The normalized spacial score (nSPS) is 14.9. The van der Waals surface area contributed by atoms with E-state index in [1.165, 1.54) is 4.57 Å². The molecule has 2 heterocycles. The van der Waals surface area contributed by atoms with Crippen LogP contribution in [0.2, 0.25) is 0 Å². The fourth-order valence-corrected chi connectivity index (χ4v) is 12.6. The molecule has 0 N–H and O–H groups in total. The molecule has 10 rings (SSSR count). The van der Waals surface area contributed by atoms with Gasteiger partial charge in [0.15, 0.2) is 8.07 Å². The van der Waals surface area contributed by atoms with Crippen molar-refractivity contribution in [3.05, 3.63) is 206 Å². The van der Waals surface area contributed by atoms with Crippen molar-refractivity contribution in [1.82, 2.24) is 9.13 Å². The SMILES string of the molecule is [2H]c1c([2H])c([2H])c(-n2c3c([2H])c([2H])c([2H])c([2H])c3c3c2c([2H])c([2H])c2c4ccccc4n(-c4cccc([Si](c5ccccc5)(c5ccccc5)c5ccccc5)c4)c23)c([2H])c1[2H]. The van der Waals surface area contributed by atoms with Crippen LogP contribution in [0.3, 0.4) is 0 Å². The van der Waals surface area contributed by atoms with E-state index in [1.807, 2.05) is 59.2 Å². The minimum absolute atomic E-state index is 0.00176. The highest BCUT2D eigenvalue weighted by molar-refractivity contribution is 7.19. The standard InChI is InChI=1S/C48H34N2Si/c1-5-18-35(19-6-1)49-45-31-16-14-29-43(45)47-46(49)33-32-42-41-28-13-15-30-44(41)50(48(42)47)36-20-17-27-40(34-36)51(37-21-7-2-8-22-37,38-23-9-3-10-24-38)39-25-11-4-12-26-39/h1-34H/i1D,5D,6D,14D,16D,18D,19D,29D,31D,32D,33D. The molecule has 0 saturated heterocycles. The average Bonchev–Trinajstić information content (AvgIpc) is 3.84. The number of benzene rings is 8. The monoisotopic (exact) mass is 677 g/mol. The third kappa shape index (κ3) is 4.42. The van der Waals surface area contributed by atoms with Crippen molar-refractivity contribution >= 4 is 72.4 Å². The van der Waals surface area contributed by atoms with E-state index in [9.17, 15) is 5.48 Å². The van der Waals surface area contributed by atoms with E-state index in [4.69, 9.17) is 9.60 Å². The molecule has 0 aliphatic heterocycles. The predicted molar refractivity (Wildman–Crippen MR) is 219 cm³/mol. The highest BCUT2D eigenvalue weighted by Crippen LogP contribution is 2.41. The summed E-state index contributed by atoms with van der Waals surface area (Å²) in [7, 11) is -3.07. The first-order chi connectivity index (χ1) is 29.9. The van der Waals surface area contributed by atoms with Crippen LogP contribution >= 0.6 is 0 Å². The summed E-state index contributed by atoms with van der Waals surface area (Å²) in [6.45, 7) is 0. The van der Waals surface area contributed by atoms with E-state index < -0.39 is 62.5 Å². The smallest absolute Gasteiger partial charge is 0.179 e. The summed E-state index contributed by atoms with van der Waals surface area (Å²) in [5.41, 5.74) is 1.12. The van der Waals surface area contributed by atoms with Crippen molar-refractivity contribution in [2.45, 2.75) is 0 Å². The highest BCUT2D eigenvalue weighted by atomic mass is 28.3. The molecule has 0 bridgehead atoms. The predicted octanol–water partition coefficient (Wildman–Crippen LogP) is 9.26. The van der Waals surface area contributed by atoms with Gasteiger partial charge < -0.3 is 9.13 Å². The first-order valence-corrected chi connectivity index (χ1v) is 18.7. The van der Waals surface area contributed by atoms with Gasteiger partial charge in [0, 0.05) is 32.9 Å². The fraction of sp³-hybridized carbons (Fsp3) is 0. The van der Waals surface area contributed by atoms with Crippen molar-refractivity contribution in [2.75, 3.05) is 0 Å². The fourth-order valence-electron chi connectivity index (χ4n) is 7.86. The molecule has 0 aliphatic rings. The lowest BCUT2D eigenvalue weighted by molar-refractivity contribution is 1.17. The van der Waals surface area contributed by atoms with Crippen molar-refractivity contribution in [3.8, 4) is 11.4 Å². The van der Waals surface area contributed by atoms with Crippen molar-refractivity contribution in [2.24, 2.45) is 0 Å². The maximum Gasteiger partial charge on any atom is 0.179 e. The molecule has 240 valence electrons. The molecule has 3 heteroatoms. The summed E-state index contributed by atoms with van der Waals surface area (Å²) in [6.07, 6.45) is 0. The van der Waals surface area contributed by atoms with Gasteiger partial charge in [0.1, 0.15) is 0 Å². The largest absolute Gasteiger partial charge is 0.309 e.